The minimum absolute atomic E-state index is 0.0891. The van der Waals surface area contributed by atoms with E-state index in [0.717, 1.165) is 5.56 Å². The maximum Gasteiger partial charge on any atom is 0.265 e. The normalized spacial score (nSPS) is 12.0. The maximum absolute atomic E-state index is 12.9. The number of aryl methyl sites for hydroxylation is 1. The number of carbonyl (C=O) groups is 2. The van der Waals surface area contributed by atoms with E-state index in [-0.39, 0.29) is 22.1 Å². The van der Waals surface area contributed by atoms with Gasteiger partial charge in [-0.2, -0.15) is 0 Å². The van der Waals surface area contributed by atoms with E-state index >= 15 is 0 Å². The predicted molar refractivity (Wildman–Crippen MR) is 111 cm³/mol. The molecule has 0 bridgehead atoms. The van der Waals surface area contributed by atoms with Gasteiger partial charge in [-0.1, -0.05) is 17.7 Å². The average Bonchev–Trinajstić information content (AvgIpc) is 2.69. The molecule has 0 aliphatic heterocycles. The number of hydrogen-bond acceptors (Lipinski definition) is 5. The first kappa shape index (κ1) is 22.2. The van der Waals surface area contributed by atoms with Gasteiger partial charge in [0.25, 0.3) is 15.9 Å². The van der Waals surface area contributed by atoms with Gasteiger partial charge in [-0.05, 0) is 51.1 Å². The van der Waals surface area contributed by atoms with Crippen LogP contribution in [0.2, 0.25) is 0 Å². The SMILES string of the molecule is CCNC(=O)[C@@H](C)NC(=O)c1ccc(OC)c(S(=O)(=O)Nc2ccc(C)cc2)c1. The Bertz CT molecular complexity index is 988. The summed E-state index contributed by atoms with van der Waals surface area (Å²) >= 11 is 0. The summed E-state index contributed by atoms with van der Waals surface area (Å²) in [5.41, 5.74) is 1.47. The van der Waals surface area contributed by atoms with Crippen molar-refractivity contribution in [1.29, 1.82) is 0 Å². The van der Waals surface area contributed by atoms with Crippen LogP contribution in [0.1, 0.15) is 29.8 Å². The smallest absolute Gasteiger partial charge is 0.265 e. The fourth-order valence-corrected chi connectivity index (χ4v) is 3.79. The Morgan fingerprint density at radius 1 is 1.10 bits per heavy atom. The Kier molecular flexibility index (Phi) is 7.22. The topological polar surface area (TPSA) is 114 Å². The number of benzene rings is 2. The number of anilines is 1. The number of sulfonamides is 1. The van der Waals surface area contributed by atoms with Gasteiger partial charge in [-0.15, -0.1) is 0 Å². The summed E-state index contributed by atoms with van der Waals surface area (Å²) in [5, 5.41) is 5.15. The third-order valence-corrected chi connectivity index (χ3v) is 5.51. The van der Waals surface area contributed by atoms with Gasteiger partial charge >= 0.3 is 0 Å². The van der Waals surface area contributed by atoms with Gasteiger partial charge in [0, 0.05) is 17.8 Å². The van der Waals surface area contributed by atoms with Gasteiger partial charge in [-0.3, -0.25) is 14.3 Å². The zero-order valence-electron chi connectivity index (χ0n) is 16.8. The van der Waals surface area contributed by atoms with Crippen molar-refractivity contribution in [2.75, 3.05) is 18.4 Å². The molecule has 156 valence electrons. The lowest BCUT2D eigenvalue weighted by Crippen LogP contribution is -2.44. The lowest BCUT2D eigenvalue weighted by atomic mass is 10.2. The maximum atomic E-state index is 12.9. The number of carbonyl (C=O) groups excluding carboxylic acids is 2. The van der Waals surface area contributed by atoms with E-state index in [4.69, 9.17) is 4.74 Å². The molecule has 2 aromatic carbocycles. The quantitative estimate of drug-likeness (QED) is 0.606. The van der Waals surface area contributed by atoms with Crippen LogP contribution in [0.4, 0.5) is 5.69 Å². The van der Waals surface area contributed by atoms with Crippen molar-refractivity contribution in [1.82, 2.24) is 10.6 Å². The molecular formula is C20H25N3O5S. The second-order valence-electron chi connectivity index (χ2n) is 6.43. The first-order chi connectivity index (χ1) is 13.7. The average molecular weight is 420 g/mol. The second-order valence-corrected chi connectivity index (χ2v) is 8.08. The first-order valence-corrected chi connectivity index (χ1v) is 10.5. The molecular weight excluding hydrogens is 394 g/mol. The van der Waals surface area contributed by atoms with Gasteiger partial charge in [0.2, 0.25) is 5.91 Å². The molecule has 0 radical (unpaired) electrons. The molecule has 0 aliphatic carbocycles. The van der Waals surface area contributed by atoms with E-state index in [9.17, 15) is 18.0 Å². The van der Waals surface area contributed by atoms with Crippen molar-refractivity contribution >= 4 is 27.5 Å². The number of likely N-dealkylation sites (N-methyl/N-ethyl adjacent to an activating group) is 1. The van der Waals surface area contributed by atoms with Crippen LogP contribution < -0.4 is 20.1 Å². The number of rotatable bonds is 8. The molecule has 2 aromatic rings. The lowest BCUT2D eigenvalue weighted by molar-refractivity contribution is -0.122. The van der Waals surface area contributed by atoms with Gasteiger partial charge in [-0.25, -0.2) is 8.42 Å². The van der Waals surface area contributed by atoms with E-state index in [1.165, 1.54) is 25.3 Å². The Hall–Kier alpha value is -3.07. The van der Waals surface area contributed by atoms with E-state index in [2.05, 4.69) is 15.4 Å². The fourth-order valence-electron chi connectivity index (χ4n) is 2.53. The Morgan fingerprint density at radius 2 is 1.76 bits per heavy atom. The molecule has 0 saturated heterocycles. The number of nitrogens with one attached hydrogen (secondary N) is 3. The lowest BCUT2D eigenvalue weighted by Gasteiger charge is -2.15. The summed E-state index contributed by atoms with van der Waals surface area (Å²) in [4.78, 5) is 24.1. The van der Waals surface area contributed by atoms with Crippen LogP contribution >= 0.6 is 0 Å². The standard InChI is InChI=1S/C20H25N3O5S/c1-5-21-19(24)14(3)22-20(25)15-8-11-17(28-4)18(12-15)29(26,27)23-16-9-6-13(2)7-10-16/h6-12,14,23H,5H2,1-4H3,(H,21,24)(H,22,25)/t14-/m1/s1. The molecule has 0 aliphatic rings. The van der Waals surface area contributed by atoms with Crippen molar-refractivity contribution in [3.63, 3.8) is 0 Å². The predicted octanol–water partition coefficient (Wildman–Crippen LogP) is 2.06. The van der Waals surface area contributed by atoms with Gasteiger partial charge < -0.3 is 15.4 Å². The molecule has 8 nitrogen and oxygen atoms in total. The number of ether oxygens (including phenoxy) is 1. The van der Waals surface area contributed by atoms with Crippen LogP contribution in [0.3, 0.4) is 0 Å². The molecule has 0 aromatic heterocycles. The largest absolute Gasteiger partial charge is 0.495 e. The Labute approximate surface area is 170 Å². The van der Waals surface area contributed by atoms with Crippen molar-refractivity contribution in [2.24, 2.45) is 0 Å². The van der Waals surface area contributed by atoms with Crippen LogP contribution in [0, 0.1) is 6.92 Å². The monoisotopic (exact) mass is 419 g/mol. The highest BCUT2D eigenvalue weighted by molar-refractivity contribution is 7.92. The zero-order valence-corrected chi connectivity index (χ0v) is 17.6. The summed E-state index contributed by atoms with van der Waals surface area (Å²) in [7, 11) is -2.67. The van der Waals surface area contributed by atoms with E-state index in [1.54, 1.807) is 38.1 Å². The third-order valence-electron chi connectivity index (χ3n) is 4.11. The molecule has 2 amide bonds. The molecule has 0 unspecified atom stereocenters. The van der Waals surface area contributed by atoms with Crippen molar-refractivity contribution in [3.8, 4) is 5.75 Å². The van der Waals surface area contributed by atoms with Crippen LogP contribution in [-0.2, 0) is 14.8 Å². The molecule has 29 heavy (non-hydrogen) atoms. The number of hydrogen-bond donors (Lipinski definition) is 3. The summed E-state index contributed by atoms with van der Waals surface area (Å²) in [6.45, 7) is 5.65. The van der Waals surface area contributed by atoms with Crippen LogP contribution in [0.5, 0.6) is 5.75 Å². The molecule has 0 fully saturated rings. The Balaban J connectivity index is 2.31. The minimum Gasteiger partial charge on any atom is -0.495 e. The van der Waals surface area contributed by atoms with Crippen LogP contribution in [-0.4, -0.2) is 39.9 Å². The van der Waals surface area contributed by atoms with E-state index in [0.29, 0.717) is 12.2 Å². The minimum atomic E-state index is -4.01. The summed E-state index contributed by atoms with van der Waals surface area (Å²) in [5.74, 6) is -0.806. The molecule has 0 heterocycles. The third kappa shape index (κ3) is 5.71. The van der Waals surface area contributed by atoms with Gasteiger partial charge in [0.1, 0.15) is 16.7 Å². The summed E-state index contributed by atoms with van der Waals surface area (Å²) < 4.78 is 33.4. The molecule has 9 heteroatoms. The summed E-state index contributed by atoms with van der Waals surface area (Å²) in [6, 6.07) is 10.1. The molecule has 0 saturated carbocycles. The Morgan fingerprint density at radius 3 is 2.34 bits per heavy atom. The zero-order chi connectivity index (χ0) is 21.6. The number of amides is 2. The van der Waals surface area contributed by atoms with E-state index < -0.39 is 22.0 Å². The molecule has 2 rings (SSSR count). The first-order valence-electron chi connectivity index (χ1n) is 9.04. The van der Waals surface area contributed by atoms with Crippen LogP contribution in [0.25, 0.3) is 0 Å². The van der Waals surface area contributed by atoms with Gasteiger partial charge in [0.05, 0.1) is 7.11 Å². The highest BCUT2D eigenvalue weighted by Gasteiger charge is 2.23. The number of methoxy groups -OCH3 is 1. The fraction of sp³-hybridized carbons (Fsp3) is 0.300. The molecule has 3 N–H and O–H groups in total. The highest BCUT2D eigenvalue weighted by Crippen LogP contribution is 2.27. The van der Waals surface area contributed by atoms with E-state index in [1.807, 2.05) is 6.92 Å². The second kappa shape index (κ2) is 9.42. The molecule has 1 atom stereocenters. The van der Waals surface area contributed by atoms with Crippen LogP contribution in [0.15, 0.2) is 47.4 Å². The molecule has 0 spiro atoms. The highest BCUT2D eigenvalue weighted by atomic mass is 32.2. The van der Waals surface area contributed by atoms with Crippen molar-refractivity contribution in [2.45, 2.75) is 31.7 Å². The van der Waals surface area contributed by atoms with Gasteiger partial charge in [0.15, 0.2) is 0 Å². The summed E-state index contributed by atoms with van der Waals surface area (Å²) in [6.07, 6.45) is 0. The van der Waals surface area contributed by atoms with Crippen molar-refractivity contribution < 1.29 is 22.7 Å². The van der Waals surface area contributed by atoms with Crippen molar-refractivity contribution in [3.05, 3.63) is 53.6 Å².